The van der Waals surface area contributed by atoms with Crippen molar-refractivity contribution < 1.29 is 13.2 Å². The van der Waals surface area contributed by atoms with Gasteiger partial charge in [-0.05, 0) is 47.1 Å². The first-order valence-corrected chi connectivity index (χ1v) is 7.61. The van der Waals surface area contributed by atoms with E-state index in [-0.39, 0.29) is 5.02 Å². The highest BCUT2D eigenvalue weighted by Crippen LogP contribution is 2.33. The second-order valence-electron chi connectivity index (χ2n) is 4.20. The molecule has 1 aromatic carbocycles. The number of alkyl halides is 3. The molecule has 0 saturated carbocycles. The number of hydrogen-bond donors (Lipinski definition) is 1. The van der Waals surface area contributed by atoms with Gasteiger partial charge in [0.15, 0.2) is 0 Å². The lowest BCUT2D eigenvalue weighted by Crippen LogP contribution is -2.06. The van der Waals surface area contributed by atoms with Crippen molar-refractivity contribution in [3.8, 4) is 0 Å². The molecule has 7 heteroatoms. The molecule has 0 saturated heterocycles. The summed E-state index contributed by atoms with van der Waals surface area (Å²) in [5.41, 5.74) is -0.400. The van der Waals surface area contributed by atoms with Gasteiger partial charge in [-0.15, -0.1) is 11.3 Å². The Hall–Kier alpha value is -0.720. The van der Waals surface area contributed by atoms with Gasteiger partial charge in [0.1, 0.15) is 0 Å². The maximum absolute atomic E-state index is 12.7. The molecule has 2 rings (SSSR count). The number of hydrogen-bond acceptors (Lipinski definition) is 2. The summed E-state index contributed by atoms with van der Waals surface area (Å²) in [6, 6.07) is 5.40. The minimum absolute atomic E-state index is 0.0610. The fourth-order valence-electron chi connectivity index (χ4n) is 1.65. The highest BCUT2D eigenvalue weighted by molar-refractivity contribution is 9.10. The average Bonchev–Trinajstić information content (AvgIpc) is 2.65. The molecule has 108 valence electrons. The van der Waals surface area contributed by atoms with Crippen molar-refractivity contribution in [2.75, 3.05) is 5.32 Å². The Labute approximate surface area is 131 Å². The normalized spacial score (nSPS) is 11.7. The molecular weight excluding hydrogens is 375 g/mol. The highest BCUT2D eigenvalue weighted by atomic mass is 79.9. The van der Waals surface area contributed by atoms with Crippen molar-refractivity contribution in [3.05, 3.63) is 49.1 Å². The van der Waals surface area contributed by atoms with Crippen molar-refractivity contribution >= 4 is 44.6 Å². The zero-order chi connectivity index (χ0) is 14.9. The van der Waals surface area contributed by atoms with Crippen LogP contribution in [0.3, 0.4) is 0 Å². The molecule has 0 radical (unpaired) electrons. The second-order valence-corrected chi connectivity index (χ2v) is 6.83. The third-order valence-corrected chi connectivity index (χ3v) is 4.95. The maximum atomic E-state index is 12.7. The summed E-state index contributed by atoms with van der Waals surface area (Å²) in [6.45, 7) is 2.42. The van der Waals surface area contributed by atoms with E-state index in [1.54, 1.807) is 11.3 Å². The maximum Gasteiger partial charge on any atom is 0.416 e. The predicted molar refractivity (Wildman–Crippen MR) is 80.5 cm³/mol. The molecule has 1 N–H and O–H groups in total. The van der Waals surface area contributed by atoms with Crippen LogP contribution in [-0.2, 0) is 12.7 Å². The van der Waals surface area contributed by atoms with Gasteiger partial charge in [0.2, 0.25) is 0 Å². The number of nitrogens with one attached hydrogen (secondary N) is 1. The first kappa shape index (κ1) is 15.7. The Morgan fingerprint density at radius 3 is 2.50 bits per heavy atom. The van der Waals surface area contributed by atoms with E-state index in [0.29, 0.717) is 12.2 Å². The molecule has 0 unspecified atom stereocenters. The summed E-state index contributed by atoms with van der Waals surface area (Å²) in [5.74, 6) is 0. The molecule has 0 aliphatic heterocycles. The van der Waals surface area contributed by atoms with E-state index in [1.807, 2.05) is 13.0 Å². The summed E-state index contributed by atoms with van der Waals surface area (Å²) in [5, 5.41) is 3.02. The molecule has 0 fully saturated rings. The van der Waals surface area contributed by atoms with E-state index in [2.05, 4.69) is 21.2 Å². The Balaban J connectivity index is 2.15. The van der Waals surface area contributed by atoms with E-state index in [0.717, 1.165) is 26.4 Å². The third kappa shape index (κ3) is 3.90. The zero-order valence-electron chi connectivity index (χ0n) is 10.3. The fraction of sp³-hybridized carbons (Fsp3) is 0.231. The third-order valence-electron chi connectivity index (χ3n) is 2.60. The monoisotopic (exact) mass is 383 g/mol. The molecule has 1 nitrogen and oxygen atoms in total. The number of rotatable bonds is 3. The van der Waals surface area contributed by atoms with Crippen LogP contribution < -0.4 is 5.32 Å². The standard InChI is InChI=1S/C13H10BrClF3NS/c1-7-12(14)5-11(20-7)6-19-10-3-8(13(16,17)18)2-9(15)4-10/h2-5,19H,6H2,1H3. The molecule has 0 aliphatic carbocycles. The molecule has 20 heavy (non-hydrogen) atoms. The van der Waals surface area contributed by atoms with Gasteiger partial charge in [-0.2, -0.15) is 13.2 Å². The van der Waals surface area contributed by atoms with Crippen LogP contribution in [0.25, 0.3) is 0 Å². The first-order chi connectivity index (χ1) is 9.25. The average molecular weight is 385 g/mol. The Morgan fingerprint density at radius 1 is 1.25 bits per heavy atom. The lowest BCUT2D eigenvalue weighted by molar-refractivity contribution is -0.137. The predicted octanol–water partition coefficient (Wildman–Crippen LogP) is 6.10. The van der Waals surface area contributed by atoms with Gasteiger partial charge >= 0.3 is 6.18 Å². The molecule has 0 spiro atoms. The van der Waals surface area contributed by atoms with Crippen molar-refractivity contribution in [2.45, 2.75) is 19.6 Å². The minimum Gasteiger partial charge on any atom is -0.380 e. The Morgan fingerprint density at radius 2 is 1.95 bits per heavy atom. The van der Waals surface area contributed by atoms with Gasteiger partial charge in [-0.25, -0.2) is 0 Å². The largest absolute Gasteiger partial charge is 0.416 e. The van der Waals surface area contributed by atoms with Crippen molar-refractivity contribution in [3.63, 3.8) is 0 Å². The van der Waals surface area contributed by atoms with Crippen molar-refractivity contribution in [2.24, 2.45) is 0 Å². The van der Waals surface area contributed by atoms with Crippen molar-refractivity contribution in [1.82, 2.24) is 0 Å². The number of aryl methyl sites for hydroxylation is 1. The Bertz CT molecular complexity index is 605. The van der Waals surface area contributed by atoms with Crippen LogP contribution in [0, 0.1) is 6.92 Å². The van der Waals surface area contributed by atoms with E-state index in [4.69, 9.17) is 11.6 Å². The van der Waals surface area contributed by atoms with Crippen LogP contribution in [0.1, 0.15) is 15.3 Å². The lowest BCUT2D eigenvalue weighted by Gasteiger charge is -2.11. The lowest BCUT2D eigenvalue weighted by atomic mass is 10.2. The van der Waals surface area contributed by atoms with E-state index in [1.165, 1.54) is 6.07 Å². The SMILES string of the molecule is Cc1sc(CNc2cc(Cl)cc(C(F)(F)F)c2)cc1Br. The summed E-state index contributed by atoms with van der Waals surface area (Å²) >= 11 is 10.7. The van der Waals surface area contributed by atoms with Gasteiger partial charge < -0.3 is 5.32 Å². The quantitative estimate of drug-likeness (QED) is 0.674. The molecular formula is C13H10BrClF3NS. The van der Waals surface area contributed by atoms with Crippen molar-refractivity contribution in [1.29, 1.82) is 0 Å². The van der Waals surface area contributed by atoms with Gasteiger partial charge in [-0.1, -0.05) is 11.6 Å². The van der Waals surface area contributed by atoms with E-state index < -0.39 is 11.7 Å². The van der Waals surface area contributed by atoms with Gasteiger partial charge in [0, 0.05) is 31.5 Å². The highest BCUT2D eigenvalue weighted by Gasteiger charge is 2.31. The van der Waals surface area contributed by atoms with Crippen LogP contribution in [-0.4, -0.2) is 0 Å². The van der Waals surface area contributed by atoms with Gasteiger partial charge in [-0.3, -0.25) is 0 Å². The number of benzene rings is 1. The number of halogens is 5. The summed E-state index contributed by atoms with van der Waals surface area (Å²) < 4.78 is 39.0. The van der Waals surface area contributed by atoms with Crippen LogP contribution in [0.2, 0.25) is 5.02 Å². The topological polar surface area (TPSA) is 12.0 Å². The molecule has 1 aromatic heterocycles. The van der Waals surface area contributed by atoms with Crippen LogP contribution >= 0.6 is 38.9 Å². The summed E-state index contributed by atoms with van der Waals surface area (Å²) in [6.07, 6.45) is -4.40. The fourth-order valence-corrected chi connectivity index (χ4v) is 3.43. The van der Waals surface area contributed by atoms with E-state index in [9.17, 15) is 13.2 Å². The number of anilines is 1. The van der Waals surface area contributed by atoms with Crippen LogP contribution in [0.5, 0.6) is 0 Å². The molecule has 0 bridgehead atoms. The van der Waals surface area contributed by atoms with Crippen LogP contribution in [0.4, 0.5) is 18.9 Å². The van der Waals surface area contributed by atoms with Crippen LogP contribution in [0.15, 0.2) is 28.7 Å². The second kappa shape index (κ2) is 5.95. The first-order valence-electron chi connectivity index (χ1n) is 5.62. The molecule has 0 amide bonds. The Kier molecular flexibility index (Phi) is 4.66. The summed E-state index contributed by atoms with van der Waals surface area (Å²) in [7, 11) is 0. The summed E-state index contributed by atoms with van der Waals surface area (Å²) in [4.78, 5) is 2.16. The molecule has 0 aliphatic rings. The zero-order valence-corrected chi connectivity index (χ0v) is 13.5. The molecule has 0 atom stereocenters. The van der Waals surface area contributed by atoms with Gasteiger partial charge in [0.05, 0.1) is 5.56 Å². The smallest absolute Gasteiger partial charge is 0.380 e. The van der Waals surface area contributed by atoms with Gasteiger partial charge in [0.25, 0.3) is 0 Å². The van der Waals surface area contributed by atoms with E-state index >= 15 is 0 Å². The number of thiophene rings is 1. The molecule has 1 heterocycles. The minimum atomic E-state index is -4.40. The molecule has 2 aromatic rings.